The summed E-state index contributed by atoms with van der Waals surface area (Å²) < 4.78 is 0. The van der Waals surface area contributed by atoms with Crippen LogP contribution in [0.4, 0.5) is 0 Å². The smallest absolute Gasteiger partial charge is 0.0991 e. The number of aromatic nitrogens is 1. The van der Waals surface area contributed by atoms with Crippen LogP contribution >= 0.6 is 0 Å². The molecular formula is C18H15N3. The summed E-state index contributed by atoms with van der Waals surface area (Å²) in [7, 11) is 0. The number of pyridine rings is 1. The lowest BCUT2D eigenvalue weighted by molar-refractivity contribution is 0.681. The molecule has 0 aliphatic carbocycles. The topological polar surface area (TPSA) is 48.7 Å². The van der Waals surface area contributed by atoms with Gasteiger partial charge in [0.15, 0.2) is 0 Å². The minimum absolute atomic E-state index is 0.693. The summed E-state index contributed by atoms with van der Waals surface area (Å²) in [6.45, 7) is 1.44. The van der Waals surface area contributed by atoms with Crippen LogP contribution in [0, 0.1) is 11.3 Å². The fourth-order valence-corrected chi connectivity index (χ4v) is 2.29. The lowest BCUT2D eigenvalue weighted by Gasteiger charge is -2.06. The first-order valence-electron chi connectivity index (χ1n) is 6.89. The first-order valence-corrected chi connectivity index (χ1v) is 6.89. The van der Waals surface area contributed by atoms with E-state index in [-0.39, 0.29) is 0 Å². The van der Waals surface area contributed by atoms with E-state index in [1.165, 1.54) is 0 Å². The molecule has 0 amide bonds. The molecule has 1 aromatic heterocycles. The Morgan fingerprint density at radius 2 is 1.86 bits per heavy atom. The monoisotopic (exact) mass is 273 g/mol. The summed E-state index contributed by atoms with van der Waals surface area (Å²) in [5.41, 5.74) is 3.83. The number of para-hydroxylation sites is 1. The van der Waals surface area contributed by atoms with Crippen LogP contribution in [0.1, 0.15) is 16.8 Å². The van der Waals surface area contributed by atoms with E-state index in [1.54, 1.807) is 0 Å². The summed E-state index contributed by atoms with van der Waals surface area (Å²) in [4.78, 5) is 4.63. The normalized spacial score (nSPS) is 10.4. The molecule has 0 saturated carbocycles. The van der Waals surface area contributed by atoms with Gasteiger partial charge in [0, 0.05) is 18.5 Å². The molecule has 0 aliphatic heterocycles. The van der Waals surface area contributed by atoms with E-state index in [9.17, 15) is 0 Å². The van der Waals surface area contributed by atoms with E-state index in [0.717, 1.165) is 28.7 Å². The maximum atomic E-state index is 8.89. The van der Waals surface area contributed by atoms with Crippen LogP contribution < -0.4 is 5.32 Å². The van der Waals surface area contributed by atoms with Crippen LogP contribution in [0.2, 0.25) is 0 Å². The van der Waals surface area contributed by atoms with Crippen molar-refractivity contribution in [3.63, 3.8) is 0 Å². The molecule has 1 N–H and O–H groups in total. The average Bonchev–Trinajstić information content (AvgIpc) is 2.55. The first-order chi connectivity index (χ1) is 10.3. The summed E-state index contributed by atoms with van der Waals surface area (Å²) in [6, 6.07) is 22.0. The predicted octanol–water partition coefficient (Wildman–Crippen LogP) is 3.40. The Balaban J connectivity index is 1.65. The first kappa shape index (κ1) is 13.3. The van der Waals surface area contributed by atoms with Gasteiger partial charge in [-0.25, -0.2) is 0 Å². The number of nitriles is 1. The fourth-order valence-electron chi connectivity index (χ4n) is 2.29. The summed E-state index contributed by atoms with van der Waals surface area (Å²) in [5.74, 6) is 0. The number of nitrogens with zero attached hydrogens (tertiary/aromatic N) is 2. The second-order valence-corrected chi connectivity index (χ2v) is 4.91. The van der Waals surface area contributed by atoms with Crippen LogP contribution in [0.25, 0.3) is 10.9 Å². The van der Waals surface area contributed by atoms with Gasteiger partial charge >= 0.3 is 0 Å². The van der Waals surface area contributed by atoms with Crippen molar-refractivity contribution in [2.24, 2.45) is 0 Å². The van der Waals surface area contributed by atoms with Crippen LogP contribution in [0.15, 0.2) is 60.7 Å². The van der Waals surface area contributed by atoms with Crippen LogP contribution in [0.5, 0.6) is 0 Å². The second kappa shape index (κ2) is 6.17. The van der Waals surface area contributed by atoms with Crippen LogP contribution in [-0.4, -0.2) is 4.98 Å². The Hall–Kier alpha value is -2.70. The molecule has 102 valence electrons. The Bertz CT molecular complexity index is 803. The van der Waals surface area contributed by atoms with E-state index in [2.05, 4.69) is 28.5 Å². The minimum atomic E-state index is 0.693. The van der Waals surface area contributed by atoms with Crippen LogP contribution in [0.3, 0.4) is 0 Å². The molecule has 0 spiro atoms. The zero-order valence-electron chi connectivity index (χ0n) is 11.6. The predicted molar refractivity (Wildman–Crippen MR) is 83.4 cm³/mol. The lowest BCUT2D eigenvalue weighted by Crippen LogP contribution is -2.13. The molecule has 2 aromatic carbocycles. The molecule has 0 fully saturated rings. The summed E-state index contributed by atoms with van der Waals surface area (Å²) in [5, 5.41) is 13.4. The Morgan fingerprint density at radius 1 is 0.952 bits per heavy atom. The van der Waals surface area contributed by atoms with E-state index >= 15 is 0 Å². The van der Waals surface area contributed by atoms with Crippen molar-refractivity contribution in [1.82, 2.24) is 10.3 Å². The quantitative estimate of drug-likeness (QED) is 0.792. The highest BCUT2D eigenvalue weighted by Crippen LogP contribution is 2.11. The summed E-state index contributed by atoms with van der Waals surface area (Å²) >= 11 is 0. The fraction of sp³-hybridized carbons (Fsp3) is 0.111. The Kier molecular flexibility index (Phi) is 3.90. The largest absolute Gasteiger partial charge is 0.307 e. The molecule has 0 bridgehead atoms. The van der Waals surface area contributed by atoms with E-state index < -0.39 is 0 Å². The molecular weight excluding hydrogens is 258 g/mol. The number of nitrogens with one attached hydrogen (secondary N) is 1. The van der Waals surface area contributed by atoms with Crippen molar-refractivity contribution in [2.75, 3.05) is 0 Å². The molecule has 1 heterocycles. The highest BCUT2D eigenvalue weighted by molar-refractivity contribution is 5.78. The van der Waals surface area contributed by atoms with Gasteiger partial charge in [-0.05, 0) is 29.8 Å². The Morgan fingerprint density at radius 3 is 2.76 bits per heavy atom. The van der Waals surface area contributed by atoms with Gasteiger partial charge in [-0.2, -0.15) is 5.26 Å². The van der Waals surface area contributed by atoms with Gasteiger partial charge in [0.25, 0.3) is 0 Å². The van der Waals surface area contributed by atoms with Gasteiger partial charge in [-0.1, -0.05) is 36.4 Å². The third-order valence-electron chi connectivity index (χ3n) is 3.35. The Labute approximate surface area is 123 Å². The molecule has 3 nitrogen and oxygen atoms in total. The average molecular weight is 273 g/mol. The molecule has 0 aliphatic rings. The zero-order chi connectivity index (χ0) is 14.5. The van der Waals surface area contributed by atoms with Gasteiger partial charge in [-0.15, -0.1) is 0 Å². The second-order valence-electron chi connectivity index (χ2n) is 4.91. The van der Waals surface area contributed by atoms with Gasteiger partial charge in [0.2, 0.25) is 0 Å². The number of fused-ring (bicyclic) bond motifs is 1. The van der Waals surface area contributed by atoms with Gasteiger partial charge in [-0.3, -0.25) is 4.98 Å². The minimum Gasteiger partial charge on any atom is -0.307 e. The van der Waals surface area contributed by atoms with Crippen molar-refractivity contribution in [3.8, 4) is 6.07 Å². The molecule has 3 aromatic rings. The SMILES string of the molecule is N#Cc1cccc(CNCc2ccc3ccccc3n2)c1. The molecule has 0 unspecified atom stereocenters. The van der Waals surface area contributed by atoms with Crippen LogP contribution in [-0.2, 0) is 13.1 Å². The molecule has 3 rings (SSSR count). The summed E-state index contributed by atoms with van der Waals surface area (Å²) in [6.07, 6.45) is 0. The molecule has 0 radical (unpaired) electrons. The van der Waals surface area contributed by atoms with E-state index in [4.69, 9.17) is 5.26 Å². The van der Waals surface area contributed by atoms with Crippen molar-refractivity contribution in [3.05, 3.63) is 77.5 Å². The zero-order valence-corrected chi connectivity index (χ0v) is 11.6. The number of hydrogen-bond acceptors (Lipinski definition) is 3. The van der Waals surface area contributed by atoms with Crippen molar-refractivity contribution in [2.45, 2.75) is 13.1 Å². The van der Waals surface area contributed by atoms with E-state index in [1.807, 2.05) is 48.5 Å². The van der Waals surface area contributed by atoms with Gasteiger partial charge in [0.1, 0.15) is 0 Å². The maximum Gasteiger partial charge on any atom is 0.0991 e. The van der Waals surface area contributed by atoms with Crippen molar-refractivity contribution >= 4 is 10.9 Å². The van der Waals surface area contributed by atoms with Gasteiger partial charge in [0.05, 0.1) is 22.8 Å². The third-order valence-corrected chi connectivity index (χ3v) is 3.35. The number of hydrogen-bond donors (Lipinski definition) is 1. The molecule has 0 saturated heterocycles. The molecule has 0 atom stereocenters. The van der Waals surface area contributed by atoms with Crippen molar-refractivity contribution < 1.29 is 0 Å². The van der Waals surface area contributed by atoms with Crippen molar-refractivity contribution in [1.29, 1.82) is 5.26 Å². The van der Waals surface area contributed by atoms with E-state index in [0.29, 0.717) is 12.1 Å². The third kappa shape index (κ3) is 3.25. The lowest BCUT2D eigenvalue weighted by atomic mass is 10.1. The number of rotatable bonds is 4. The number of benzene rings is 2. The molecule has 21 heavy (non-hydrogen) atoms. The molecule has 3 heteroatoms. The highest BCUT2D eigenvalue weighted by Gasteiger charge is 1.99. The highest BCUT2D eigenvalue weighted by atomic mass is 14.9. The van der Waals surface area contributed by atoms with Gasteiger partial charge < -0.3 is 5.32 Å². The maximum absolute atomic E-state index is 8.89. The standard InChI is InChI=1S/C18H15N3/c19-11-14-4-3-5-15(10-14)12-20-13-17-9-8-16-6-1-2-7-18(16)21-17/h1-10,20H,12-13H2.